The SMILES string of the molecule is O=C1c2ccccc2C(=O)N1CCCCn1c2ccccc2c2ccccc21. The molecule has 2 amide bonds. The van der Waals surface area contributed by atoms with Crippen molar-refractivity contribution in [3.63, 3.8) is 0 Å². The van der Waals surface area contributed by atoms with Gasteiger partial charge in [0.15, 0.2) is 0 Å². The molecule has 2 heterocycles. The molecular weight excluding hydrogens is 348 g/mol. The van der Waals surface area contributed by atoms with Gasteiger partial charge in [-0.3, -0.25) is 14.5 Å². The maximum atomic E-state index is 12.5. The Kier molecular flexibility index (Phi) is 3.97. The predicted octanol–water partition coefficient (Wildman–Crippen LogP) is 4.87. The van der Waals surface area contributed by atoms with Crippen LogP contribution in [-0.4, -0.2) is 27.8 Å². The van der Waals surface area contributed by atoms with Crippen LogP contribution in [0, 0.1) is 0 Å². The molecule has 0 spiro atoms. The van der Waals surface area contributed by atoms with E-state index < -0.39 is 0 Å². The van der Waals surface area contributed by atoms with Gasteiger partial charge in [0.05, 0.1) is 11.1 Å². The number of para-hydroxylation sites is 2. The van der Waals surface area contributed by atoms with E-state index in [1.807, 2.05) is 0 Å². The fourth-order valence-electron chi connectivity index (χ4n) is 4.23. The Hall–Kier alpha value is -3.40. The van der Waals surface area contributed by atoms with Crippen LogP contribution in [0.1, 0.15) is 33.6 Å². The topological polar surface area (TPSA) is 42.3 Å². The highest BCUT2D eigenvalue weighted by atomic mass is 16.2. The van der Waals surface area contributed by atoms with Gasteiger partial charge in [0.25, 0.3) is 11.8 Å². The van der Waals surface area contributed by atoms with Crippen LogP contribution in [0.4, 0.5) is 0 Å². The van der Waals surface area contributed by atoms with Crippen molar-refractivity contribution in [2.45, 2.75) is 19.4 Å². The van der Waals surface area contributed by atoms with Crippen LogP contribution in [0.3, 0.4) is 0 Å². The molecule has 0 atom stereocenters. The molecule has 1 aliphatic heterocycles. The van der Waals surface area contributed by atoms with Crippen LogP contribution in [0.2, 0.25) is 0 Å². The monoisotopic (exact) mass is 368 g/mol. The van der Waals surface area contributed by atoms with Gasteiger partial charge in [0, 0.05) is 34.9 Å². The summed E-state index contributed by atoms with van der Waals surface area (Å²) in [4.78, 5) is 26.3. The van der Waals surface area contributed by atoms with E-state index in [9.17, 15) is 9.59 Å². The predicted molar refractivity (Wildman–Crippen MR) is 110 cm³/mol. The fourth-order valence-corrected chi connectivity index (χ4v) is 4.23. The average molecular weight is 368 g/mol. The summed E-state index contributed by atoms with van der Waals surface area (Å²) in [7, 11) is 0. The molecule has 3 aromatic carbocycles. The number of carbonyl (C=O) groups is 2. The standard InChI is InChI=1S/C24H20N2O2/c27-23-19-11-1-2-12-20(19)24(28)26(23)16-8-7-15-25-21-13-5-3-9-17(21)18-10-4-6-14-22(18)25/h1-6,9-14H,7-8,15-16H2. The number of benzene rings is 3. The van der Waals surface area contributed by atoms with E-state index in [1.165, 1.54) is 26.7 Å². The largest absolute Gasteiger partial charge is 0.340 e. The lowest BCUT2D eigenvalue weighted by Crippen LogP contribution is -2.30. The van der Waals surface area contributed by atoms with Crippen molar-refractivity contribution in [2.75, 3.05) is 6.54 Å². The number of unbranched alkanes of at least 4 members (excludes halogenated alkanes) is 1. The first-order chi connectivity index (χ1) is 13.8. The quantitative estimate of drug-likeness (QED) is 0.372. The van der Waals surface area contributed by atoms with E-state index in [0.29, 0.717) is 17.7 Å². The van der Waals surface area contributed by atoms with Gasteiger partial charge < -0.3 is 4.57 Å². The number of imide groups is 1. The van der Waals surface area contributed by atoms with Gasteiger partial charge in [-0.2, -0.15) is 0 Å². The second-order valence-corrected chi connectivity index (χ2v) is 7.20. The summed E-state index contributed by atoms with van der Waals surface area (Å²) in [6.45, 7) is 1.32. The molecule has 0 bridgehead atoms. The summed E-state index contributed by atoms with van der Waals surface area (Å²) in [5, 5.41) is 2.52. The van der Waals surface area contributed by atoms with Crippen LogP contribution in [0.25, 0.3) is 21.8 Å². The van der Waals surface area contributed by atoms with Crippen LogP contribution in [0.15, 0.2) is 72.8 Å². The van der Waals surface area contributed by atoms with Gasteiger partial charge in [-0.05, 0) is 37.1 Å². The number of amides is 2. The van der Waals surface area contributed by atoms with Crippen LogP contribution < -0.4 is 0 Å². The molecule has 4 nitrogen and oxygen atoms in total. The highest BCUT2D eigenvalue weighted by molar-refractivity contribution is 6.21. The van der Waals surface area contributed by atoms with Crippen molar-refractivity contribution in [3.05, 3.63) is 83.9 Å². The summed E-state index contributed by atoms with van der Waals surface area (Å²) in [5.74, 6) is -0.338. The highest BCUT2D eigenvalue weighted by Crippen LogP contribution is 2.29. The third-order valence-electron chi connectivity index (χ3n) is 5.57. The van der Waals surface area contributed by atoms with Crippen molar-refractivity contribution >= 4 is 33.6 Å². The van der Waals surface area contributed by atoms with E-state index in [-0.39, 0.29) is 11.8 Å². The molecule has 0 saturated heterocycles. The first kappa shape index (κ1) is 16.8. The Morgan fingerprint density at radius 1 is 0.571 bits per heavy atom. The third-order valence-corrected chi connectivity index (χ3v) is 5.57. The molecule has 0 unspecified atom stereocenters. The van der Waals surface area contributed by atoms with E-state index in [2.05, 4.69) is 53.1 Å². The number of fused-ring (bicyclic) bond motifs is 4. The lowest BCUT2D eigenvalue weighted by Gasteiger charge is -2.14. The molecular formula is C24H20N2O2. The Balaban J connectivity index is 1.32. The molecule has 4 heteroatoms. The molecule has 0 radical (unpaired) electrons. The zero-order valence-corrected chi connectivity index (χ0v) is 15.5. The number of hydrogen-bond donors (Lipinski definition) is 0. The Morgan fingerprint density at radius 3 is 1.61 bits per heavy atom. The number of rotatable bonds is 5. The molecule has 0 N–H and O–H groups in total. The Bertz CT molecular complexity index is 1130. The van der Waals surface area contributed by atoms with Gasteiger partial charge >= 0.3 is 0 Å². The Morgan fingerprint density at radius 2 is 1.04 bits per heavy atom. The molecule has 28 heavy (non-hydrogen) atoms. The van der Waals surface area contributed by atoms with Crippen molar-refractivity contribution in [2.24, 2.45) is 0 Å². The summed E-state index contributed by atoms with van der Waals surface area (Å²) in [6.07, 6.45) is 1.68. The van der Waals surface area contributed by atoms with Gasteiger partial charge in [-0.1, -0.05) is 48.5 Å². The minimum absolute atomic E-state index is 0.169. The molecule has 1 aliphatic rings. The number of aromatic nitrogens is 1. The van der Waals surface area contributed by atoms with Crippen molar-refractivity contribution in [1.82, 2.24) is 9.47 Å². The number of carbonyl (C=O) groups excluding carboxylic acids is 2. The highest BCUT2D eigenvalue weighted by Gasteiger charge is 2.34. The summed E-state index contributed by atoms with van der Waals surface area (Å²) in [6, 6.07) is 24.0. The van der Waals surface area contributed by atoms with Crippen molar-refractivity contribution in [1.29, 1.82) is 0 Å². The Labute approximate surface area is 163 Å². The molecule has 4 aromatic rings. The molecule has 0 aliphatic carbocycles. The van der Waals surface area contributed by atoms with Crippen molar-refractivity contribution in [3.8, 4) is 0 Å². The lowest BCUT2D eigenvalue weighted by atomic mass is 10.1. The first-order valence-corrected chi connectivity index (χ1v) is 9.67. The molecule has 138 valence electrons. The van der Waals surface area contributed by atoms with Crippen molar-refractivity contribution < 1.29 is 9.59 Å². The maximum absolute atomic E-state index is 12.5. The number of nitrogens with zero attached hydrogens (tertiary/aromatic N) is 2. The summed E-state index contributed by atoms with van der Waals surface area (Å²) in [5.41, 5.74) is 3.50. The van der Waals surface area contributed by atoms with E-state index in [4.69, 9.17) is 0 Å². The number of hydrogen-bond acceptors (Lipinski definition) is 2. The van der Waals surface area contributed by atoms with E-state index in [0.717, 1.165) is 19.4 Å². The fraction of sp³-hybridized carbons (Fsp3) is 0.167. The lowest BCUT2D eigenvalue weighted by molar-refractivity contribution is 0.0651. The molecule has 5 rings (SSSR count). The van der Waals surface area contributed by atoms with Crippen LogP contribution >= 0.6 is 0 Å². The zero-order chi connectivity index (χ0) is 19.1. The minimum Gasteiger partial charge on any atom is -0.340 e. The van der Waals surface area contributed by atoms with E-state index in [1.54, 1.807) is 24.3 Å². The van der Waals surface area contributed by atoms with Gasteiger partial charge in [0.1, 0.15) is 0 Å². The van der Waals surface area contributed by atoms with Gasteiger partial charge in [-0.15, -0.1) is 0 Å². The molecule has 1 aromatic heterocycles. The average Bonchev–Trinajstić information content (AvgIpc) is 3.19. The summed E-state index contributed by atoms with van der Waals surface area (Å²) < 4.78 is 2.34. The van der Waals surface area contributed by atoms with Gasteiger partial charge in [0.2, 0.25) is 0 Å². The summed E-state index contributed by atoms with van der Waals surface area (Å²) >= 11 is 0. The third kappa shape index (κ3) is 2.53. The van der Waals surface area contributed by atoms with E-state index >= 15 is 0 Å². The first-order valence-electron chi connectivity index (χ1n) is 9.67. The second-order valence-electron chi connectivity index (χ2n) is 7.20. The zero-order valence-electron chi connectivity index (χ0n) is 15.5. The normalized spacial score (nSPS) is 13.6. The maximum Gasteiger partial charge on any atom is 0.261 e. The van der Waals surface area contributed by atoms with Crippen LogP contribution in [0.5, 0.6) is 0 Å². The molecule has 0 saturated carbocycles. The van der Waals surface area contributed by atoms with Gasteiger partial charge in [-0.25, -0.2) is 0 Å². The minimum atomic E-state index is -0.169. The number of aryl methyl sites for hydroxylation is 1. The smallest absolute Gasteiger partial charge is 0.261 e. The van der Waals surface area contributed by atoms with Crippen LogP contribution in [-0.2, 0) is 6.54 Å². The second kappa shape index (κ2) is 6.64. The molecule has 0 fully saturated rings.